The molecule has 1 saturated heterocycles. The first kappa shape index (κ1) is 15.7. The first-order valence-corrected chi connectivity index (χ1v) is 8.88. The fraction of sp³-hybridized carbons (Fsp3) is 0.333. The second-order valence-corrected chi connectivity index (χ2v) is 6.55. The number of hydrogen-bond acceptors (Lipinski definition) is 4. The summed E-state index contributed by atoms with van der Waals surface area (Å²) in [5.41, 5.74) is 2.32. The van der Waals surface area contributed by atoms with Crippen LogP contribution in [0.5, 0.6) is 0 Å². The van der Waals surface area contributed by atoms with Crippen LogP contribution in [-0.2, 0) is 4.79 Å². The monoisotopic (exact) mass is 327 g/mol. The zero-order valence-electron chi connectivity index (χ0n) is 13.0. The molecule has 2 aromatic heterocycles. The van der Waals surface area contributed by atoms with Gasteiger partial charge in [-0.05, 0) is 59.4 Å². The molecule has 5 heteroatoms. The van der Waals surface area contributed by atoms with E-state index in [-0.39, 0.29) is 5.91 Å². The number of hydrogen-bond donors (Lipinski definition) is 1. The summed E-state index contributed by atoms with van der Waals surface area (Å²) >= 11 is 1.63. The number of nitrogens with one attached hydrogen (secondary N) is 1. The summed E-state index contributed by atoms with van der Waals surface area (Å²) in [7, 11) is 0. The van der Waals surface area contributed by atoms with E-state index in [2.05, 4.69) is 27.3 Å². The Bertz CT molecular complexity index is 632. The van der Waals surface area contributed by atoms with E-state index >= 15 is 0 Å². The number of nitrogens with zero attached hydrogens (tertiary/aromatic N) is 2. The fourth-order valence-corrected chi connectivity index (χ4v) is 3.42. The lowest BCUT2D eigenvalue weighted by Crippen LogP contribution is -2.38. The molecule has 0 unspecified atom stereocenters. The normalized spacial score (nSPS) is 15.9. The summed E-state index contributed by atoms with van der Waals surface area (Å²) in [6, 6.07) is 6.11. The van der Waals surface area contributed by atoms with Crippen molar-refractivity contribution < 1.29 is 4.79 Å². The van der Waals surface area contributed by atoms with Gasteiger partial charge in [-0.25, -0.2) is 0 Å². The van der Waals surface area contributed by atoms with Crippen molar-refractivity contribution in [3.05, 3.63) is 53.0 Å². The highest BCUT2D eigenvalue weighted by Gasteiger charge is 2.19. The lowest BCUT2D eigenvalue weighted by Gasteiger charge is -2.33. The van der Waals surface area contributed by atoms with Crippen LogP contribution in [0.4, 0.5) is 5.69 Å². The molecule has 0 radical (unpaired) electrons. The van der Waals surface area contributed by atoms with Gasteiger partial charge in [0.1, 0.15) is 0 Å². The summed E-state index contributed by atoms with van der Waals surface area (Å²) in [6.07, 6.45) is 9.36. The number of rotatable bonds is 5. The molecule has 0 bridgehead atoms. The molecule has 120 valence electrons. The zero-order valence-corrected chi connectivity index (χ0v) is 13.8. The van der Waals surface area contributed by atoms with Gasteiger partial charge in [-0.2, -0.15) is 11.3 Å². The van der Waals surface area contributed by atoms with Crippen molar-refractivity contribution in [1.82, 2.24) is 10.3 Å². The molecule has 3 heterocycles. The summed E-state index contributed by atoms with van der Waals surface area (Å²) in [4.78, 5) is 18.3. The van der Waals surface area contributed by atoms with Crippen LogP contribution >= 0.6 is 11.3 Å². The Labute approximate surface area is 140 Å². The third kappa shape index (κ3) is 4.66. The number of thiophene rings is 1. The van der Waals surface area contributed by atoms with Crippen LogP contribution in [0.25, 0.3) is 6.08 Å². The minimum absolute atomic E-state index is 0.00670. The second kappa shape index (κ2) is 7.92. The number of pyridine rings is 1. The predicted molar refractivity (Wildman–Crippen MR) is 95.5 cm³/mol. The Morgan fingerprint density at radius 3 is 2.78 bits per heavy atom. The van der Waals surface area contributed by atoms with E-state index < -0.39 is 0 Å². The minimum Gasteiger partial charge on any atom is -0.371 e. The number of aromatic nitrogens is 1. The highest BCUT2D eigenvalue weighted by atomic mass is 32.1. The van der Waals surface area contributed by atoms with Crippen molar-refractivity contribution in [1.29, 1.82) is 0 Å². The Morgan fingerprint density at radius 2 is 2.09 bits per heavy atom. The minimum atomic E-state index is -0.00670. The lowest BCUT2D eigenvalue weighted by atomic mass is 9.96. The maximum absolute atomic E-state index is 11.9. The molecule has 23 heavy (non-hydrogen) atoms. The molecule has 0 spiro atoms. The predicted octanol–water partition coefficient (Wildman–Crippen LogP) is 3.19. The molecule has 0 atom stereocenters. The molecule has 0 saturated carbocycles. The van der Waals surface area contributed by atoms with E-state index in [0.29, 0.717) is 5.92 Å². The van der Waals surface area contributed by atoms with Crippen molar-refractivity contribution in [3.63, 3.8) is 0 Å². The molecular weight excluding hydrogens is 306 g/mol. The van der Waals surface area contributed by atoms with Gasteiger partial charge >= 0.3 is 0 Å². The smallest absolute Gasteiger partial charge is 0.244 e. The van der Waals surface area contributed by atoms with Gasteiger partial charge in [-0.3, -0.25) is 9.78 Å². The average Bonchev–Trinajstić information content (AvgIpc) is 3.13. The molecular formula is C18H21N3OS. The molecule has 0 aromatic carbocycles. The molecule has 2 aromatic rings. The first-order valence-electron chi connectivity index (χ1n) is 7.94. The van der Waals surface area contributed by atoms with Gasteiger partial charge in [0.25, 0.3) is 0 Å². The van der Waals surface area contributed by atoms with Crippen molar-refractivity contribution >= 4 is 29.0 Å². The molecule has 0 aliphatic carbocycles. The lowest BCUT2D eigenvalue weighted by molar-refractivity contribution is -0.116. The first-order chi connectivity index (χ1) is 11.3. The van der Waals surface area contributed by atoms with Gasteiger partial charge in [-0.1, -0.05) is 0 Å². The maximum atomic E-state index is 11.9. The van der Waals surface area contributed by atoms with Crippen LogP contribution < -0.4 is 10.2 Å². The van der Waals surface area contributed by atoms with E-state index in [1.807, 2.05) is 35.3 Å². The van der Waals surface area contributed by atoms with Crippen LogP contribution in [0.15, 0.2) is 47.4 Å². The number of carbonyl (C=O) groups is 1. The van der Waals surface area contributed by atoms with Crippen LogP contribution in [0, 0.1) is 5.92 Å². The summed E-state index contributed by atoms with van der Waals surface area (Å²) in [5, 5.41) is 7.05. The summed E-state index contributed by atoms with van der Waals surface area (Å²) in [5.74, 6) is 0.555. The number of anilines is 1. The van der Waals surface area contributed by atoms with Gasteiger partial charge in [0.05, 0.1) is 0 Å². The van der Waals surface area contributed by atoms with Crippen molar-refractivity contribution in [2.45, 2.75) is 12.8 Å². The van der Waals surface area contributed by atoms with Crippen LogP contribution in [0.1, 0.15) is 18.4 Å². The molecule has 1 aliphatic rings. The number of piperidine rings is 1. The molecule has 1 amide bonds. The zero-order chi connectivity index (χ0) is 15.9. The SMILES string of the molecule is O=C(/C=C/c1ccsc1)NCC1CCN(c2ccncc2)CC1. The second-order valence-electron chi connectivity index (χ2n) is 5.77. The number of carbonyl (C=O) groups excluding carboxylic acids is 1. The van der Waals surface area contributed by atoms with E-state index in [4.69, 9.17) is 0 Å². The molecule has 1 N–H and O–H groups in total. The Hall–Kier alpha value is -2.14. The quantitative estimate of drug-likeness (QED) is 0.858. The molecule has 3 rings (SSSR count). The third-order valence-electron chi connectivity index (χ3n) is 4.18. The van der Waals surface area contributed by atoms with E-state index in [9.17, 15) is 4.79 Å². The van der Waals surface area contributed by atoms with Gasteiger partial charge in [-0.15, -0.1) is 0 Å². The van der Waals surface area contributed by atoms with Gasteiger partial charge in [0.15, 0.2) is 0 Å². The standard InChI is InChI=1S/C18H21N3OS/c22-18(2-1-16-7-12-23-14-16)20-13-15-5-10-21(11-6-15)17-3-8-19-9-4-17/h1-4,7-9,12,14-15H,5-6,10-11,13H2,(H,20,22)/b2-1+. The highest BCUT2D eigenvalue weighted by molar-refractivity contribution is 7.08. The van der Waals surface area contributed by atoms with Crippen LogP contribution in [0.3, 0.4) is 0 Å². The average molecular weight is 327 g/mol. The van der Waals surface area contributed by atoms with Gasteiger partial charge < -0.3 is 10.2 Å². The van der Waals surface area contributed by atoms with Crippen molar-refractivity contribution in [2.24, 2.45) is 5.92 Å². The van der Waals surface area contributed by atoms with Crippen molar-refractivity contribution in [2.75, 3.05) is 24.5 Å². The van der Waals surface area contributed by atoms with Gasteiger partial charge in [0.2, 0.25) is 5.91 Å². The molecule has 4 nitrogen and oxygen atoms in total. The van der Waals surface area contributed by atoms with Crippen LogP contribution in [0.2, 0.25) is 0 Å². The third-order valence-corrected chi connectivity index (χ3v) is 4.88. The van der Waals surface area contributed by atoms with E-state index in [1.165, 1.54) is 5.69 Å². The molecule has 1 fully saturated rings. The Kier molecular flexibility index (Phi) is 5.42. The fourth-order valence-electron chi connectivity index (χ4n) is 2.80. The maximum Gasteiger partial charge on any atom is 0.244 e. The van der Waals surface area contributed by atoms with Gasteiger partial charge in [0, 0.05) is 43.8 Å². The molecule has 1 aliphatic heterocycles. The largest absolute Gasteiger partial charge is 0.371 e. The van der Waals surface area contributed by atoms with Crippen molar-refractivity contribution in [3.8, 4) is 0 Å². The Morgan fingerprint density at radius 1 is 1.30 bits per heavy atom. The van der Waals surface area contributed by atoms with Crippen LogP contribution in [-0.4, -0.2) is 30.5 Å². The summed E-state index contributed by atoms with van der Waals surface area (Å²) < 4.78 is 0. The Balaban J connectivity index is 1.40. The van der Waals surface area contributed by atoms with E-state index in [1.54, 1.807) is 17.4 Å². The highest BCUT2D eigenvalue weighted by Crippen LogP contribution is 2.22. The topological polar surface area (TPSA) is 45.2 Å². The summed E-state index contributed by atoms with van der Waals surface area (Å²) in [6.45, 7) is 2.83. The van der Waals surface area contributed by atoms with E-state index in [0.717, 1.165) is 38.0 Å². The number of amides is 1.